The van der Waals surface area contributed by atoms with Gasteiger partial charge < -0.3 is 0 Å². The van der Waals surface area contributed by atoms with E-state index in [2.05, 4.69) is 17.5 Å². The van der Waals surface area contributed by atoms with E-state index < -0.39 is 0 Å². The summed E-state index contributed by atoms with van der Waals surface area (Å²) in [6.07, 6.45) is 6.10. The number of aromatic nitrogens is 2. The number of hydroxylamine groups is 1. The highest BCUT2D eigenvalue weighted by atomic mass is 35.5. The molecule has 1 aliphatic rings. The maximum atomic E-state index is 6.25. The molecule has 0 saturated heterocycles. The Labute approximate surface area is 107 Å². The Morgan fingerprint density at radius 3 is 2.76 bits per heavy atom. The second kappa shape index (κ2) is 5.85. The summed E-state index contributed by atoms with van der Waals surface area (Å²) in [6, 6.07) is 0. The zero-order chi connectivity index (χ0) is 12.3. The molecule has 0 amide bonds. The molecule has 1 fully saturated rings. The summed E-state index contributed by atoms with van der Waals surface area (Å²) in [5.41, 5.74) is 4.96. The summed E-state index contributed by atoms with van der Waals surface area (Å²) in [5.74, 6) is 0. The van der Waals surface area contributed by atoms with Gasteiger partial charge in [0.1, 0.15) is 0 Å². The van der Waals surface area contributed by atoms with E-state index in [1.165, 1.54) is 12.8 Å². The molecule has 0 aromatic carbocycles. The van der Waals surface area contributed by atoms with Crippen molar-refractivity contribution in [2.45, 2.75) is 51.7 Å². The number of hydrogen-bond acceptors (Lipinski definition) is 3. The van der Waals surface area contributed by atoms with E-state index in [1.54, 1.807) is 0 Å². The molecule has 1 saturated carbocycles. The Hall–Kier alpha value is -0.580. The van der Waals surface area contributed by atoms with E-state index >= 15 is 0 Å². The molecule has 17 heavy (non-hydrogen) atoms. The van der Waals surface area contributed by atoms with E-state index in [0.717, 1.165) is 35.7 Å². The largest absolute Gasteiger partial charge is 0.298 e. The minimum atomic E-state index is 0.368. The Morgan fingerprint density at radius 1 is 1.47 bits per heavy atom. The summed E-state index contributed by atoms with van der Waals surface area (Å²) in [7, 11) is 1.91. The Balaban J connectivity index is 1.87. The Bertz CT molecular complexity index is 372. The third-order valence-electron chi connectivity index (χ3n) is 3.29. The minimum absolute atomic E-state index is 0.368. The first kappa shape index (κ1) is 12.9. The van der Waals surface area contributed by atoms with Crippen LogP contribution >= 0.6 is 11.6 Å². The highest BCUT2D eigenvalue weighted by molar-refractivity contribution is 6.31. The van der Waals surface area contributed by atoms with Gasteiger partial charge in [0.05, 0.1) is 29.1 Å². The van der Waals surface area contributed by atoms with Gasteiger partial charge >= 0.3 is 0 Å². The lowest BCUT2D eigenvalue weighted by molar-refractivity contribution is -0.0253. The van der Waals surface area contributed by atoms with Crippen LogP contribution in [0.1, 0.15) is 44.0 Å². The number of hydrogen-bond donors (Lipinski definition) is 1. The monoisotopic (exact) mass is 257 g/mol. The second-order valence-electron chi connectivity index (χ2n) is 4.53. The average molecular weight is 258 g/mol. The molecule has 4 nitrogen and oxygen atoms in total. The first-order chi connectivity index (χ1) is 8.22. The first-order valence-corrected chi connectivity index (χ1v) is 6.69. The SMILES string of the molecule is CCc1nn(C)c(CNOC2CCCC2)c1Cl. The van der Waals surface area contributed by atoms with Crippen LogP contribution in [0, 0.1) is 0 Å². The number of nitrogens with zero attached hydrogens (tertiary/aromatic N) is 2. The van der Waals surface area contributed by atoms with Gasteiger partial charge in [-0.15, -0.1) is 0 Å². The van der Waals surface area contributed by atoms with Crippen LogP contribution in [0.4, 0.5) is 0 Å². The van der Waals surface area contributed by atoms with Gasteiger partial charge in [-0.2, -0.15) is 10.6 Å². The number of nitrogens with one attached hydrogen (secondary N) is 1. The first-order valence-electron chi connectivity index (χ1n) is 6.31. The summed E-state index contributed by atoms with van der Waals surface area (Å²) < 4.78 is 1.83. The molecular weight excluding hydrogens is 238 g/mol. The van der Waals surface area contributed by atoms with Crippen molar-refractivity contribution in [3.05, 3.63) is 16.4 Å². The van der Waals surface area contributed by atoms with E-state index in [1.807, 2.05) is 11.7 Å². The molecule has 0 unspecified atom stereocenters. The van der Waals surface area contributed by atoms with Crippen LogP contribution in [0.15, 0.2) is 0 Å². The second-order valence-corrected chi connectivity index (χ2v) is 4.91. The molecule has 1 aromatic heterocycles. The van der Waals surface area contributed by atoms with Crippen molar-refractivity contribution in [2.24, 2.45) is 7.05 Å². The smallest absolute Gasteiger partial charge is 0.0863 e. The van der Waals surface area contributed by atoms with Gasteiger partial charge in [0, 0.05) is 7.05 Å². The van der Waals surface area contributed by atoms with Crippen LogP contribution in [0.5, 0.6) is 0 Å². The van der Waals surface area contributed by atoms with Crippen LogP contribution in [-0.4, -0.2) is 15.9 Å². The van der Waals surface area contributed by atoms with Gasteiger partial charge in [0.2, 0.25) is 0 Å². The molecular formula is C12H20ClN3O. The van der Waals surface area contributed by atoms with E-state index in [0.29, 0.717) is 12.6 Å². The van der Waals surface area contributed by atoms with Crippen molar-refractivity contribution in [3.8, 4) is 0 Å². The Kier molecular flexibility index (Phi) is 4.42. The summed E-state index contributed by atoms with van der Waals surface area (Å²) in [4.78, 5) is 5.61. The quantitative estimate of drug-likeness (QED) is 0.825. The molecule has 1 heterocycles. The lowest BCUT2D eigenvalue weighted by Gasteiger charge is -2.11. The fourth-order valence-electron chi connectivity index (χ4n) is 2.25. The van der Waals surface area contributed by atoms with Crippen LogP contribution in [0.2, 0.25) is 5.02 Å². The molecule has 0 spiro atoms. The van der Waals surface area contributed by atoms with Crippen molar-refractivity contribution >= 4 is 11.6 Å². The van der Waals surface area contributed by atoms with Gasteiger partial charge in [0.15, 0.2) is 0 Å². The predicted octanol–water partition coefficient (Wildman–Crippen LogP) is 2.60. The predicted molar refractivity (Wildman–Crippen MR) is 67.8 cm³/mol. The molecule has 0 bridgehead atoms. The third-order valence-corrected chi connectivity index (χ3v) is 3.73. The molecule has 2 rings (SSSR count). The molecule has 0 atom stereocenters. The van der Waals surface area contributed by atoms with Gasteiger partial charge in [0.25, 0.3) is 0 Å². The van der Waals surface area contributed by atoms with Crippen molar-refractivity contribution in [1.29, 1.82) is 0 Å². The van der Waals surface area contributed by atoms with E-state index in [-0.39, 0.29) is 0 Å². The molecule has 0 radical (unpaired) electrons. The minimum Gasteiger partial charge on any atom is -0.298 e. The maximum absolute atomic E-state index is 6.25. The standard InChI is InChI=1S/C12H20ClN3O/c1-3-10-12(13)11(16(2)15-10)8-14-17-9-6-4-5-7-9/h9,14H,3-8H2,1-2H3. The van der Waals surface area contributed by atoms with Crippen LogP contribution in [0.25, 0.3) is 0 Å². The summed E-state index contributed by atoms with van der Waals surface area (Å²) in [6.45, 7) is 2.67. The Morgan fingerprint density at radius 2 is 2.18 bits per heavy atom. The van der Waals surface area contributed by atoms with Crippen molar-refractivity contribution in [3.63, 3.8) is 0 Å². The van der Waals surface area contributed by atoms with Crippen LogP contribution in [-0.2, 0) is 24.9 Å². The topological polar surface area (TPSA) is 39.1 Å². The van der Waals surface area contributed by atoms with Crippen molar-refractivity contribution in [1.82, 2.24) is 15.3 Å². The molecule has 1 N–H and O–H groups in total. The van der Waals surface area contributed by atoms with Gasteiger partial charge in [-0.1, -0.05) is 31.4 Å². The fraction of sp³-hybridized carbons (Fsp3) is 0.750. The summed E-state index contributed by atoms with van der Waals surface area (Å²) in [5, 5.41) is 5.13. The molecule has 5 heteroatoms. The molecule has 96 valence electrons. The van der Waals surface area contributed by atoms with E-state index in [4.69, 9.17) is 16.4 Å². The highest BCUT2D eigenvalue weighted by Crippen LogP contribution is 2.22. The average Bonchev–Trinajstić information content (AvgIpc) is 2.91. The van der Waals surface area contributed by atoms with Crippen molar-refractivity contribution < 1.29 is 4.84 Å². The zero-order valence-electron chi connectivity index (χ0n) is 10.5. The lowest BCUT2D eigenvalue weighted by atomic mass is 10.3. The van der Waals surface area contributed by atoms with E-state index in [9.17, 15) is 0 Å². The number of rotatable bonds is 5. The third kappa shape index (κ3) is 3.00. The van der Waals surface area contributed by atoms with Gasteiger partial charge in [-0.05, 0) is 19.3 Å². The van der Waals surface area contributed by atoms with Gasteiger partial charge in [-0.3, -0.25) is 9.52 Å². The molecule has 1 aliphatic carbocycles. The number of halogens is 1. The zero-order valence-corrected chi connectivity index (χ0v) is 11.3. The van der Waals surface area contributed by atoms with Crippen LogP contribution in [0.3, 0.4) is 0 Å². The fourth-order valence-corrected chi connectivity index (χ4v) is 2.61. The van der Waals surface area contributed by atoms with Gasteiger partial charge in [-0.25, -0.2) is 0 Å². The maximum Gasteiger partial charge on any atom is 0.0863 e. The number of aryl methyl sites for hydroxylation is 2. The lowest BCUT2D eigenvalue weighted by Crippen LogP contribution is -2.22. The summed E-state index contributed by atoms with van der Waals surface area (Å²) >= 11 is 6.25. The molecule has 0 aliphatic heterocycles. The van der Waals surface area contributed by atoms with Crippen molar-refractivity contribution in [2.75, 3.05) is 0 Å². The highest BCUT2D eigenvalue weighted by Gasteiger charge is 2.17. The van der Waals surface area contributed by atoms with Crippen LogP contribution < -0.4 is 5.48 Å². The molecule has 1 aromatic rings. The normalized spacial score (nSPS) is 16.9.